The van der Waals surface area contributed by atoms with Crippen molar-refractivity contribution in [1.29, 1.82) is 0 Å². The number of hydrogen-bond acceptors (Lipinski definition) is 5. The third-order valence-electron chi connectivity index (χ3n) is 7.04. The Kier molecular flexibility index (Phi) is 8.02. The van der Waals surface area contributed by atoms with Crippen LogP contribution in [-0.2, 0) is 19.1 Å². The molecule has 2 aromatic rings. The van der Waals surface area contributed by atoms with Gasteiger partial charge in [-0.1, -0.05) is 55.0 Å². The summed E-state index contributed by atoms with van der Waals surface area (Å²) < 4.78 is 10.5. The van der Waals surface area contributed by atoms with Crippen molar-refractivity contribution in [3.05, 3.63) is 59.7 Å². The van der Waals surface area contributed by atoms with Crippen molar-refractivity contribution in [1.82, 2.24) is 10.6 Å². The average Bonchev–Trinajstić information content (AvgIpc) is 3.42. The fraction of sp³-hybridized carbons (Fsp3) is 0.444. The van der Waals surface area contributed by atoms with Gasteiger partial charge in [0.25, 0.3) is 0 Å². The van der Waals surface area contributed by atoms with Crippen LogP contribution in [0.3, 0.4) is 0 Å². The van der Waals surface area contributed by atoms with Crippen molar-refractivity contribution in [3.8, 4) is 11.1 Å². The Hall–Kier alpha value is -3.39. The third-order valence-corrected chi connectivity index (χ3v) is 7.04. The highest BCUT2D eigenvalue weighted by Crippen LogP contribution is 2.44. The third kappa shape index (κ3) is 5.82. The van der Waals surface area contributed by atoms with E-state index in [2.05, 4.69) is 34.9 Å². The summed E-state index contributed by atoms with van der Waals surface area (Å²) in [5, 5.41) is 14.7. The van der Waals surface area contributed by atoms with Crippen molar-refractivity contribution in [2.24, 2.45) is 5.92 Å². The number of aliphatic carboxylic acids is 1. The molecule has 0 saturated heterocycles. The molecule has 3 unspecified atom stereocenters. The predicted molar refractivity (Wildman–Crippen MR) is 130 cm³/mol. The Labute approximate surface area is 205 Å². The zero-order valence-electron chi connectivity index (χ0n) is 19.9. The monoisotopic (exact) mass is 480 g/mol. The largest absolute Gasteiger partial charge is 0.479 e. The highest BCUT2D eigenvalue weighted by atomic mass is 16.5. The normalized spacial score (nSPS) is 19.5. The average molecular weight is 481 g/mol. The van der Waals surface area contributed by atoms with Crippen LogP contribution in [0, 0.1) is 5.92 Å². The van der Waals surface area contributed by atoms with Crippen molar-refractivity contribution < 1.29 is 29.0 Å². The molecule has 8 nitrogen and oxygen atoms in total. The van der Waals surface area contributed by atoms with Crippen LogP contribution in [0.4, 0.5) is 4.79 Å². The topological polar surface area (TPSA) is 114 Å². The second-order valence-electron chi connectivity index (χ2n) is 9.17. The van der Waals surface area contributed by atoms with Crippen molar-refractivity contribution >= 4 is 18.0 Å². The number of ether oxygens (including phenoxy) is 2. The maximum Gasteiger partial charge on any atom is 0.407 e. The molecule has 0 bridgehead atoms. The van der Waals surface area contributed by atoms with Gasteiger partial charge < -0.3 is 25.2 Å². The number of fused-ring (bicyclic) bond motifs is 3. The summed E-state index contributed by atoms with van der Waals surface area (Å²) in [6.45, 7) is 0.475. The zero-order valence-corrected chi connectivity index (χ0v) is 19.9. The van der Waals surface area contributed by atoms with Gasteiger partial charge >= 0.3 is 12.1 Å². The standard InChI is InChI=1S/C27H32N2O6/c1-34-24(26(31)32)13-14-28-25(30)15-17-7-6-12-23(17)29-27(33)35-16-22-20-10-4-2-8-18(20)19-9-3-5-11-21(19)22/h2-5,8-11,17,22-24H,6-7,12-16H2,1H3,(H,28,30)(H,29,33)(H,31,32). The summed E-state index contributed by atoms with van der Waals surface area (Å²) in [5.74, 6) is -1.19. The number of benzene rings is 2. The molecule has 0 heterocycles. The van der Waals surface area contributed by atoms with Crippen molar-refractivity contribution in [3.63, 3.8) is 0 Å². The first-order chi connectivity index (χ1) is 17.0. The maximum atomic E-state index is 12.7. The highest BCUT2D eigenvalue weighted by molar-refractivity contribution is 5.79. The van der Waals surface area contributed by atoms with Gasteiger partial charge in [-0.25, -0.2) is 9.59 Å². The van der Waals surface area contributed by atoms with Crippen molar-refractivity contribution in [2.75, 3.05) is 20.3 Å². The molecule has 2 aliphatic rings. The van der Waals surface area contributed by atoms with Gasteiger partial charge in [-0.3, -0.25) is 4.79 Å². The summed E-state index contributed by atoms with van der Waals surface area (Å²) >= 11 is 0. The van der Waals surface area contributed by atoms with E-state index in [0.717, 1.165) is 30.4 Å². The van der Waals surface area contributed by atoms with E-state index >= 15 is 0 Å². The number of alkyl carbamates (subject to hydrolysis) is 1. The van der Waals surface area contributed by atoms with Gasteiger partial charge in [-0.15, -0.1) is 0 Å². The van der Waals surface area contributed by atoms with Crippen LogP contribution in [0.5, 0.6) is 0 Å². The Bertz CT molecular complexity index is 1030. The number of amides is 2. The molecule has 2 aromatic carbocycles. The van der Waals surface area contributed by atoms with Gasteiger partial charge in [0.1, 0.15) is 6.61 Å². The SMILES string of the molecule is COC(CCNC(=O)CC1CCCC1NC(=O)OCC1c2ccccc2-c2ccccc21)C(=O)O. The van der Waals surface area contributed by atoms with Crippen LogP contribution in [0.2, 0.25) is 0 Å². The van der Waals surface area contributed by atoms with Crippen LogP contribution in [-0.4, -0.2) is 55.5 Å². The molecule has 0 spiro atoms. The molecule has 0 aromatic heterocycles. The Morgan fingerprint density at radius 2 is 1.69 bits per heavy atom. The van der Waals surface area contributed by atoms with E-state index in [1.54, 1.807) is 0 Å². The number of hydrogen-bond donors (Lipinski definition) is 3. The van der Waals surface area contributed by atoms with Crippen LogP contribution < -0.4 is 10.6 Å². The molecule has 4 rings (SSSR count). The second kappa shape index (κ2) is 11.4. The lowest BCUT2D eigenvalue weighted by atomic mass is 9.98. The molecule has 3 N–H and O–H groups in total. The Morgan fingerprint density at radius 1 is 1.03 bits per heavy atom. The van der Waals surface area contributed by atoms with Crippen LogP contribution in [0.15, 0.2) is 48.5 Å². The van der Waals surface area contributed by atoms with Crippen LogP contribution in [0.25, 0.3) is 11.1 Å². The summed E-state index contributed by atoms with van der Waals surface area (Å²) in [6, 6.07) is 16.3. The molecule has 35 heavy (non-hydrogen) atoms. The van der Waals surface area contributed by atoms with Gasteiger partial charge in [0.2, 0.25) is 5.91 Å². The Morgan fingerprint density at radius 3 is 2.31 bits per heavy atom. The fourth-order valence-electron chi connectivity index (χ4n) is 5.26. The predicted octanol–water partition coefficient (Wildman–Crippen LogP) is 3.69. The first-order valence-corrected chi connectivity index (χ1v) is 12.1. The first kappa shape index (κ1) is 24.7. The summed E-state index contributed by atoms with van der Waals surface area (Å²) in [6.07, 6.45) is 1.64. The van der Waals surface area contributed by atoms with E-state index in [1.807, 2.05) is 24.3 Å². The van der Waals surface area contributed by atoms with E-state index in [-0.39, 0.29) is 49.8 Å². The van der Waals surface area contributed by atoms with E-state index in [0.29, 0.717) is 0 Å². The molecule has 3 atom stereocenters. The number of carbonyl (C=O) groups is 3. The summed E-state index contributed by atoms with van der Waals surface area (Å²) in [4.78, 5) is 36.0. The van der Waals surface area contributed by atoms with Crippen LogP contribution >= 0.6 is 0 Å². The number of carboxylic acid groups (broad SMARTS) is 1. The van der Waals surface area contributed by atoms with E-state index in [9.17, 15) is 14.4 Å². The first-order valence-electron chi connectivity index (χ1n) is 12.1. The number of carboxylic acids is 1. The fourth-order valence-corrected chi connectivity index (χ4v) is 5.26. The quantitative estimate of drug-likeness (QED) is 0.478. The summed E-state index contributed by atoms with van der Waals surface area (Å²) in [5.41, 5.74) is 4.68. The molecule has 2 aliphatic carbocycles. The molecule has 8 heteroatoms. The number of rotatable bonds is 10. The van der Waals surface area contributed by atoms with E-state index in [1.165, 1.54) is 18.2 Å². The molecule has 1 fully saturated rings. The number of methoxy groups -OCH3 is 1. The number of nitrogens with one attached hydrogen (secondary N) is 2. The van der Waals surface area contributed by atoms with Gasteiger partial charge in [0.05, 0.1) is 0 Å². The summed E-state index contributed by atoms with van der Waals surface area (Å²) in [7, 11) is 1.33. The lowest BCUT2D eigenvalue weighted by molar-refractivity contribution is -0.149. The molecule has 186 valence electrons. The van der Waals surface area contributed by atoms with Gasteiger partial charge in [-0.05, 0) is 41.0 Å². The minimum absolute atomic E-state index is 0.0000291. The molecule has 2 amide bonds. The Balaban J connectivity index is 1.26. The zero-order chi connectivity index (χ0) is 24.8. The van der Waals surface area contributed by atoms with E-state index < -0.39 is 18.2 Å². The molecule has 1 saturated carbocycles. The smallest absolute Gasteiger partial charge is 0.407 e. The minimum atomic E-state index is -1.05. The molecular weight excluding hydrogens is 448 g/mol. The molecule has 0 aliphatic heterocycles. The maximum absolute atomic E-state index is 12.7. The van der Waals surface area contributed by atoms with Gasteiger partial charge in [0, 0.05) is 38.5 Å². The second-order valence-corrected chi connectivity index (χ2v) is 9.17. The van der Waals surface area contributed by atoms with Crippen molar-refractivity contribution in [2.45, 2.75) is 50.2 Å². The van der Waals surface area contributed by atoms with Gasteiger partial charge in [0.15, 0.2) is 6.10 Å². The molecular formula is C27H32N2O6. The number of carbonyl (C=O) groups excluding carboxylic acids is 2. The molecule has 0 radical (unpaired) electrons. The van der Waals surface area contributed by atoms with Gasteiger partial charge in [-0.2, -0.15) is 0 Å². The highest BCUT2D eigenvalue weighted by Gasteiger charge is 2.32. The lowest BCUT2D eigenvalue weighted by Gasteiger charge is -2.21. The van der Waals surface area contributed by atoms with E-state index in [4.69, 9.17) is 14.6 Å². The lowest BCUT2D eigenvalue weighted by Crippen LogP contribution is -2.40. The van der Waals surface area contributed by atoms with Crippen LogP contribution in [0.1, 0.15) is 49.1 Å². The minimum Gasteiger partial charge on any atom is -0.479 e.